The van der Waals surface area contributed by atoms with Gasteiger partial charge in [-0.1, -0.05) is 54.1 Å². The van der Waals surface area contributed by atoms with Crippen LogP contribution in [-0.4, -0.2) is 43.0 Å². The van der Waals surface area contributed by atoms with Gasteiger partial charge in [-0.3, -0.25) is 4.90 Å². The Kier molecular flexibility index (Phi) is 5.96. The molecular weight excluding hydrogens is 327 g/mol. The van der Waals surface area contributed by atoms with Crippen LogP contribution < -0.4 is 5.32 Å². The predicted molar refractivity (Wildman–Crippen MR) is 98.7 cm³/mol. The maximum Gasteiger partial charge on any atom is 0.0406 e. The topological polar surface area (TPSA) is 15.3 Å². The van der Waals surface area contributed by atoms with Crippen molar-refractivity contribution >= 4 is 23.2 Å². The Morgan fingerprint density at radius 2 is 1.52 bits per heavy atom. The molecule has 2 unspecified atom stereocenters. The van der Waals surface area contributed by atoms with Gasteiger partial charge in [0.05, 0.1) is 0 Å². The minimum atomic E-state index is 0.254. The van der Waals surface area contributed by atoms with Crippen LogP contribution in [0.3, 0.4) is 0 Å². The van der Waals surface area contributed by atoms with Gasteiger partial charge in [0.1, 0.15) is 0 Å². The highest BCUT2D eigenvalue weighted by Gasteiger charge is 2.30. The van der Waals surface area contributed by atoms with Gasteiger partial charge in [-0.05, 0) is 23.3 Å². The molecule has 0 amide bonds. The van der Waals surface area contributed by atoms with Gasteiger partial charge < -0.3 is 5.32 Å². The van der Waals surface area contributed by atoms with Crippen LogP contribution in [0.15, 0.2) is 54.6 Å². The van der Waals surface area contributed by atoms with Crippen molar-refractivity contribution in [3.8, 4) is 0 Å². The zero-order chi connectivity index (χ0) is 16.1. The van der Waals surface area contributed by atoms with E-state index in [2.05, 4.69) is 52.7 Å². The zero-order valence-electron chi connectivity index (χ0n) is 13.1. The van der Waals surface area contributed by atoms with Crippen LogP contribution in [0.25, 0.3) is 0 Å². The molecule has 0 spiro atoms. The Balaban J connectivity index is 1.97. The third-order valence-corrected chi connectivity index (χ3v) is 5.12. The largest absolute Gasteiger partial charge is 0.314 e. The quantitative estimate of drug-likeness (QED) is 0.822. The number of halogens is 2. The molecule has 0 bridgehead atoms. The van der Waals surface area contributed by atoms with E-state index in [1.165, 1.54) is 11.1 Å². The van der Waals surface area contributed by atoms with Gasteiger partial charge in [0.2, 0.25) is 0 Å². The van der Waals surface area contributed by atoms with Crippen LogP contribution in [0.4, 0.5) is 0 Å². The summed E-state index contributed by atoms with van der Waals surface area (Å²) >= 11 is 12.5. The average Bonchev–Trinajstić information content (AvgIpc) is 2.62. The Hall–Kier alpha value is -1.06. The summed E-state index contributed by atoms with van der Waals surface area (Å²) in [6.45, 7) is 4.12. The molecule has 122 valence electrons. The number of alkyl halides is 1. The van der Waals surface area contributed by atoms with E-state index in [0.29, 0.717) is 5.88 Å². The van der Waals surface area contributed by atoms with Crippen LogP contribution >= 0.6 is 23.2 Å². The third-order valence-electron chi connectivity index (χ3n) is 4.55. The smallest absolute Gasteiger partial charge is 0.0406 e. The molecule has 0 radical (unpaired) electrons. The van der Waals surface area contributed by atoms with E-state index >= 15 is 0 Å². The van der Waals surface area contributed by atoms with Crippen LogP contribution in [0.2, 0.25) is 5.02 Å². The SMILES string of the molecule is ClCC(C(c1ccccc1)c1ccc(Cl)cc1)N1CCNCC1. The average molecular weight is 349 g/mol. The minimum absolute atomic E-state index is 0.254. The Bertz CT molecular complexity index is 595. The van der Waals surface area contributed by atoms with Crippen molar-refractivity contribution in [2.45, 2.75) is 12.0 Å². The first-order valence-corrected chi connectivity index (χ1v) is 9.02. The molecule has 3 rings (SSSR count). The highest BCUT2D eigenvalue weighted by atomic mass is 35.5. The molecule has 1 aliphatic heterocycles. The lowest BCUT2D eigenvalue weighted by atomic mass is 9.84. The minimum Gasteiger partial charge on any atom is -0.314 e. The monoisotopic (exact) mass is 348 g/mol. The highest BCUT2D eigenvalue weighted by molar-refractivity contribution is 6.30. The lowest BCUT2D eigenvalue weighted by Crippen LogP contribution is -2.51. The molecule has 0 saturated carbocycles. The van der Waals surface area contributed by atoms with E-state index in [-0.39, 0.29) is 12.0 Å². The van der Waals surface area contributed by atoms with E-state index in [4.69, 9.17) is 23.2 Å². The van der Waals surface area contributed by atoms with Gasteiger partial charge >= 0.3 is 0 Å². The van der Waals surface area contributed by atoms with E-state index in [0.717, 1.165) is 31.2 Å². The molecule has 1 N–H and O–H groups in total. The molecule has 23 heavy (non-hydrogen) atoms. The van der Waals surface area contributed by atoms with Gasteiger partial charge in [0.25, 0.3) is 0 Å². The standard InChI is InChI=1S/C19H22Cl2N2/c20-14-18(23-12-10-22-11-13-23)19(15-4-2-1-3-5-15)16-6-8-17(21)9-7-16/h1-9,18-19,22H,10-14H2. The Morgan fingerprint density at radius 3 is 2.13 bits per heavy atom. The highest BCUT2D eigenvalue weighted by Crippen LogP contribution is 2.32. The van der Waals surface area contributed by atoms with E-state index in [1.807, 2.05) is 12.1 Å². The van der Waals surface area contributed by atoms with Crippen LogP contribution in [0.5, 0.6) is 0 Å². The summed E-state index contributed by atoms with van der Waals surface area (Å²) in [5.74, 6) is 0.867. The summed E-state index contributed by atoms with van der Waals surface area (Å²) in [7, 11) is 0. The lowest BCUT2D eigenvalue weighted by molar-refractivity contribution is 0.173. The van der Waals surface area contributed by atoms with Crippen molar-refractivity contribution in [2.75, 3.05) is 32.1 Å². The predicted octanol–water partition coefficient (Wildman–Crippen LogP) is 3.98. The first kappa shape index (κ1) is 16.8. The Morgan fingerprint density at radius 1 is 0.913 bits per heavy atom. The summed E-state index contributed by atoms with van der Waals surface area (Å²) < 4.78 is 0. The molecule has 1 fully saturated rings. The lowest BCUT2D eigenvalue weighted by Gasteiger charge is -2.39. The number of rotatable bonds is 5. The number of hydrogen-bond acceptors (Lipinski definition) is 2. The summed E-state index contributed by atoms with van der Waals surface area (Å²) in [5, 5.41) is 4.19. The zero-order valence-corrected chi connectivity index (χ0v) is 14.6. The number of benzene rings is 2. The molecule has 2 nitrogen and oxygen atoms in total. The molecule has 2 aromatic rings. The molecule has 1 heterocycles. The Labute approximate surface area is 148 Å². The van der Waals surface area contributed by atoms with Crippen molar-refractivity contribution in [3.05, 3.63) is 70.7 Å². The molecule has 1 aliphatic rings. The molecular formula is C19H22Cl2N2. The van der Waals surface area contributed by atoms with Crippen LogP contribution in [0, 0.1) is 0 Å². The molecule has 2 atom stereocenters. The van der Waals surface area contributed by atoms with Gasteiger partial charge in [0, 0.05) is 49.0 Å². The van der Waals surface area contributed by atoms with E-state index < -0.39 is 0 Å². The van der Waals surface area contributed by atoms with Crippen molar-refractivity contribution in [2.24, 2.45) is 0 Å². The maximum absolute atomic E-state index is 6.44. The van der Waals surface area contributed by atoms with Crippen molar-refractivity contribution in [1.29, 1.82) is 0 Å². The van der Waals surface area contributed by atoms with Gasteiger partial charge in [-0.2, -0.15) is 0 Å². The molecule has 0 aromatic heterocycles. The van der Waals surface area contributed by atoms with Gasteiger partial charge in [-0.15, -0.1) is 11.6 Å². The van der Waals surface area contributed by atoms with E-state index in [1.54, 1.807) is 0 Å². The maximum atomic E-state index is 6.44. The first-order valence-electron chi connectivity index (χ1n) is 8.10. The summed E-state index contributed by atoms with van der Waals surface area (Å²) in [4.78, 5) is 2.51. The number of piperazine rings is 1. The second-order valence-electron chi connectivity index (χ2n) is 5.95. The van der Waals surface area contributed by atoms with E-state index in [9.17, 15) is 0 Å². The fraction of sp³-hybridized carbons (Fsp3) is 0.368. The first-order chi connectivity index (χ1) is 11.3. The summed E-state index contributed by atoms with van der Waals surface area (Å²) in [6.07, 6.45) is 0. The molecule has 2 aromatic carbocycles. The number of hydrogen-bond donors (Lipinski definition) is 1. The van der Waals surface area contributed by atoms with Crippen LogP contribution in [0.1, 0.15) is 17.0 Å². The normalized spacial score (nSPS) is 18.5. The van der Waals surface area contributed by atoms with Crippen molar-refractivity contribution < 1.29 is 0 Å². The summed E-state index contributed by atoms with van der Waals surface area (Å²) in [5.41, 5.74) is 2.57. The van der Waals surface area contributed by atoms with Gasteiger partial charge in [-0.25, -0.2) is 0 Å². The summed E-state index contributed by atoms with van der Waals surface area (Å²) in [6, 6.07) is 19.1. The third kappa shape index (κ3) is 4.07. The second kappa shape index (κ2) is 8.16. The number of nitrogens with one attached hydrogen (secondary N) is 1. The fourth-order valence-electron chi connectivity index (χ4n) is 3.38. The number of nitrogens with zero attached hydrogens (tertiary/aromatic N) is 1. The second-order valence-corrected chi connectivity index (χ2v) is 6.69. The molecule has 4 heteroatoms. The fourth-order valence-corrected chi connectivity index (χ4v) is 3.88. The van der Waals surface area contributed by atoms with Crippen molar-refractivity contribution in [1.82, 2.24) is 10.2 Å². The van der Waals surface area contributed by atoms with Crippen molar-refractivity contribution in [3.63, 3.8) is 0 Å². The molecule has 1 saturated heterocycles. The van der Waals surface area contributed by atoms with Gasteiger partial charge in [0.15, 0.2) is 0 Å². The van der Waals surface area contributed by atoms with Crippen LogP contribution in [-0.2, 0) is 0 Å². The molecule has 0 aliphatic carbocycles.